The molecule has 1 atom stereocenters. The number of methoxy groups -OCH3 is 2. The minimum Gasteiger partial charge on any atom is -0.507 e. The molecule has 1 saturated heterocycles. The molecule has 2 heterocycles. The van der Waals surface area contributed by atoms with Crippen molar-refractivity contribution in [2.75, 3.05) is 25.7 Å². The van der Waals surface area contributed by atoms with E-state index < -0.39 is 29.5 Å². The Morgan fingerprint density at radius 2 is 1.80 bits per heavy atom. The van der Waals surface area contributed by atoms with Crippen molar-refractivity contribution in [1.29, 1.82) is 0 Å². The van der Waals surface area contributed by atoms with Gasteiger partial charge < -0.3 is 24.1 Å². The van der Waals surface area contributed by atoms with Gasteiger partial charge in [-0.2, -0.15) is 0 Å². The average molecular weight is 579 g/mol. The van der Waals surface area contributed by atoms with Gasteiger partial charge in [0.25, 0.3) is 5.78 Å². The number of rotatable bonds is 10. The highest BCUT2D eigenvalue weighted by atomic mass is 32.1. The predicted molar refractivity (Wildman–Crippen MR) is 154 cm³/mol. The number of esters is 1. The zero-order valence-corrected chi connectivity index (χ0v) is 24.1. The molecular formula is C30H30N2O8S. The fourth-order valence-corrected chi connectivity index (χ4v) is 5.36. The molecule has 214 valence electrons. The van der Waals surface area contributed by atoms with E-state index in [-0.39, 0.29) is 28.3 Å². The summed E-state index contributed by atoms with van der Waals surface area (Å²) in [4.78, 5) is 45.6. The highest BCUT2D eigenvalue weighted by Crippen LogP contribution is 2.47. The van der Waals surface area contributed by atoms with Crippen LogP contribution in [0, 0.1) is 6.92 Å². The van der Waals surface area contributed by atoms with E-state index in [0.29, 0.717) is 34.1 Å². The van der Waals surface area contributed by atoms with Crippen molar-refractivity contribution < 1.29 is 38.4 Å². The Morgan fingerprint density at radius 1 is 1.12 bits per heavy atom. The summed E-state index contributed by atoms with van der Waals surface area (Å²) in [6, 6.07) is 10.3. The standard InChI is InChI=1S/C30H30N2O8S/c1-7-14-39-29(36)27-17(4)31-30(41-27)32-24(21-15-20(37-5)12-13-22(21)38-6)23(26(34)28(32)35)25(33)18-8-10-19(11-9-18)40-16(2)3/h7-13,15-16,24,33H,1,14H2,2-6H3/b25-23+. The number of ether oxygens (including phenoxy) is 4. The van der Waals surface area contributed by atoms with Gasteiger partial charge >= 0.3 is 11.9 Å². The highest BCUT2D eigenvalue weighted by molar-refractivity contribution is 7.17. The molecule has 41 heavy (non-hydrogen) atoms. The Balaban J connectivity index is 1.92. The second kappa shape index (κ2) is 12.3. The third-order valence-corrected chi connectivity index (χ3v) is 7.32. The maximum atomic E-state index is 13.6. The van der Waals surface area contributed by atoms with Crippen LogP contribution in [0.15, 0.2) is 60.7 Å². The molecular weight excluding hydrogens is 548 g/mol. The molecule has 1 aliphatic rings. The molecule has 3 aromatic rings. The smallest absolute Gasteiger partial charge is 0.350 e. The van der Waals surface area contributed by atoms with Crippen molar-refractivity contribution in [2.45, 2.75) is 32.9 Å². The van der Waals surface area contributed by atoms with Crippen LogP contribution in [0.5, 0.6) is 17.2 Å². The summed E-state index contributed by atoms with van der Waals surface area (Å²) in [5.74, 6) is -1.53. The van der Waals surface area contributed by atoms with E-state index in [2.05, 4.69) is 11.6 Å². The number of aromatic nitrogens is 1. The van der Waals surface area contributed by atoms with Crippen LogP contribution in [0.25, 0.3) is 5.76 Å². The number of anilines is 1. The summed E-state index contributed by atoms with van der Waals surface area (Å²) in [5.41, 5.74) is 0.812. The quantitative estimate of drug-likeness (QED) is 0.113. The van der Waals surface area contributed by atoms with Crippen LogP contribution in [0.1, 0.15) is 46.4 Å². The Labute approximate surface area is 241 Å². The summed E-state index contributed by atoms with van der Waals surface area (Å²) in [5, 5.41) is 11.6. The maximum Gasteiger partial charge on any atom is 0.350 e. The molecule has 11 heteroatoms. The SMILES string of the molecule is C=CCOC(=O)c1sc(N2C(=O)C(=O)/C(=C(/O)c3ccc(OC(C)C)cc3)C2c2cc(OC)ccc2OC)nc1C. The van der Waals surface area contributed by atoms with Gasteiger partial charge in [-0.05, 0) is 63.2 Å². The van der Waals surface area contributed by atoms with Crippen molar-refractivity contribution in [3.63, 3.8) is 0 Å². The number of ketones is 1. The van der Waals surface area contributed by atoms with Gasteiger partial charge in [-0.3, -0.25) is 14.5 Å². The number of carbonyl (C=O) groups is 3. The topological polar surface area (TPSA) is 124 Å². The maximum absolute atomic E-state index is 13.6. The highest BCUT2D eigenvalue weighted by Gasteiger charge is 2.49. The number of hydrogen-bond donors (Lipinski definition) is 1. The molecule has 1 aliphatic heterocycles. The van der Waals surface area contributed by atoms with E-state index in [9.17, 15) is 19.5 Å². The van der Waals surface area contributed by atoms with Crippen LogP contribution in [0.3, 0.4) is 0 Å². The van der Waals surface area contributed by atoms with Crippen molar-refractivity contribution in [3.05, 3.63) is 82.4 Å². The minimum absolute atomic E-state index is 0.00196. The second-order valence-electron chi connectivity index (χ2n) is 9.27. The molecule has 0 aliphatic carbocycles. The lowest BCUT2D eigenvalue weighted by molar-refractivity contribution is -0.132. The van der Waals surface area contributed by atoms with Crippen LogP contribution in [-0.2, 0) is 14.3 Å². The van der Waals surface area contributed by atoms with Gasteiger partial charge in [-0.15, -0.1) is 0 Å². The Kier molecular flexibility index (Phi) is 8.77. The first-order valence-electron chi connectivity index (χ1n) is 12.7. The second-order valence-corrected chi connectivity index (χ2v) is 10.2. The van der Waals surface area contributed by atoms with Gasteiger partial charge in [0.15, 0.2) is 5.13 Å². The summed E-state index contributed by atoms with van der Waals surface area (Å²) in [7, 11) is 2.93. The fourth-order valence-electron chi connectivity index (χ4n) is 4.37. The van der Waals surface area contributed by atoms with Crippen LogP contribution >= 0.6 is 11.3 Å². The minimum atomic E-state index is -1.16. The van der Waals surface area contributed by atoms with Crippen LogP contribution < -0.4 is 19.1 Å². The molecule has 1 N–H and O–H groups in total. The zero-order valence-electron chi connectivity index (χ0n) is 23.3. The number of aryl methyl sites for hydroxylation is 1. The van der Waals surface area contributed by atoms with Gasteiger partial charge in [-0.25, -0.2) is 9.78 Å². The summed E-state index contributed by atoms with van der Waals surface area (Å²) in [6.45, 7) is 8.92. The first kappa shape index (κ1) is 29.3. The third kappa shape index (κ3) is 5.80. The van der Waals surface area contributed by atoms with Gasteiger partial charge in [0.1, 0.15) is 40.5 Å². The first-order valence-corrected chi connectivity index (χ1v) is 13.5. The average Bonchev–Trinajstić information content (AvgIpc) is 3.47. The molecule has 4 rings (SSSR count). The molecule has 0 bridgehead atoms. The number of nitrogens with zero attached hydrogens (tertiary/aromatic N) is 2. The molecule has 2 aromatic carbocycles. The molecule has 1 amide bonds. The number of hydrogen-bond acceptors (Lipinski definition) is 10. The summed E-state index contributed by atoms with van der Waals surface area (Å²) in [6.07, 6.45) is 1.38. The van der Waals surface area contributed by atoms with Gasteiger partial charge in [-0.1, -0.05) is 24.0 Å². The number of benzene rings is 2. The number of aliphatic hydroxyl groups excluding tert-OH is 1. The summed E-state index contributed by atoms with van der Waals surface area (Å²) < 4.78 is 21.8. The molecule has 1 aromatic heterocycles. The zero-order chi connectivity index (χ0) is 29.8. The Morgan fingerprint density at radius 3 is 2.41 bits per heavy atom. The lowest BCUT2D eigenvalue weighted by Crippen LogP contribution is -2.29. The van der Waals surface area contributed by atoms with Crippen molar-refractivity contribution >= 4 is 39.9 Å². The van der Waals surface area contributed by atoms with Crippen LogP contribution in [0.2, 0.25) is 0 Å². The lowest BCUT2D eigenvalue weighted by atomic mass is 9.94. The van der Waals surface area contributed by atoms with Crippen molar-refractivity contribution in [2.24, 2.45) is 0 Å². The van der Waals surface area contributed by atoms with E-state index in [1.807, 2.05) is 13.8 Å². The fraction of sp³-hybridized carbons (Fsp3) is 0.267. The van der Waals surface area contributed by atoms with Crippen molar-refractivity contribution in [1.82, 2.24) is 4.98 Å². The van der Waals surface area contributed by atoms with Crippen LogP contribution in [-0.4, -0.2) is 54.7 Å². The Hall–Kier alpha value is -4.64. The third-order valence-electron chi connectivity index (χ3n) is 6.18. The van der Waals surface area contributed by atoms with E-state index in [1.54, 1.807) is 49.4 Å². The lowest BCUT2D eigenvalue weighted by Gasteiger charge is -2.25. The largest absolute Gasteiger partial charge is 0.507 e. The number of thiazole rings is 1. The molecule has 1 unspecified atom stereocenters. The number of amides is 1. The molecule has 0 saturated carbocycles. The molecule has 0 spiro atoms. The normalized spacial score (nSPS) is 16.1. The number of carbonyl (C=O) groups excluding carboxylic acids is 3. The summed E-state index contributed by atoms with van der Waals surface area (Å²) >= 11 is 0.900. The predicted octanol–water partition coefficient (Wildman–Crippen LogP) is 5.23. The monoisotopic (exact) mass is 578 g/mol. The van der Waals surface area contributed by atoms with Gasteiger partial charge in [0.2, 0.25) is 0 Å². The first-order chi connectivity index (χ1) is 19.6. The van der Waals surface area contributed by atoms with E-state index in [0.717, 1.165) is 16.2 Å². The molecule has 1 fully saturated rings. The number of Topliss-reactive ketones (excluding diaryl/α,β-unsaturated/α-hetero) is 1. The van der Waals surface area contributed by atoms with Gasteiger partial charge in [0.05, 0.1) is 31.6 Å². The Bertz CT molecular complexity index is 1520. The molecule has 0 radical (unpaired) electrons. The van der Waals surface area contributed by atoms with E-state index in [4.69, 9.17) is 18.9 Å². The van der Waals surface area contributed by atoms with E-state index >= 15 is 0 Å². The van der Waals surface area contributed by atoms with E-state index in [1.165, 1.54) is 20.3 Å². The number of aliphatic hydroxyl groups is 1. The van der Waals surface area contributed by atoms with Gasteiger partial charge in [0, 0.05) is 11.1 Å². The van der Waals surface area contributed by atoms with Crippen LogP contribution in [0.4, 0.5) is 5.13 Å². The molecule has 10 nitrogen and oxygen atoms in total. The van der Waals surface area contributed by atoms with Crippen molar-refractivity contribution in [3.8, 4) is 17.2 Å².